The minimum absolute atomic E-state index is 0.568. The highest BCUT2D eigenvalue weighted by molar-refractivity contribution is 6.10. The lowest BCUT2D eigenvalue weighted by Gasteiger charge is -2.35. The molecule has 2 heteroatoms. The van der Waals surface area contributed by atoms with Gasteiger partial charge in [-0.05, 0) is 110 Å². The number of rotatable bonds is 7. The van der Waals surface area contributed by atoms with Gasteiger partial charge in [0.1, 0.15) is 0 Å². The zero-order valence-electron chi connectivity index (χ0n) is 33.5. The summed E-state index contributed by atoms with van der Waals surface area (Å²) in [6.45, 7) is 0. The van der Waals surface area contributed by atoms with Crippen LogP contribution >= 0.6 is 0 Å². The number of hydrogen-bond acceptors (Lipinski definition) is 1. The first kappa shape index (κ1) is 35.0. The number of anilines is 3. The second-order valence-electron chi connectivity index (χ2n) is 16.1. The van der Waals surface area contributed by atoms with Crippen LogP contribution in [0, 0.1) is 0 Å². The van der Waals surface area contributed by atoms with Crippen molar-refractivity contribution in [2.45, 2.75) is 5.41 Å². The summed E-state index contributed by atoms with van der Waals surface area (Å²) in [6, 6.07) is 89.2. The maximum absolute atomic E-state index is 2.48. The lowest BCUT2D eigenvalue weighted by Crippen LogP contribution is -2.28. The van der Waals surface area contributed by atoms with Gasteiger partial charge in [-0.3, -0.25) is 0 Å². The van der Waals surface area contributed by atoms with Gasteiger partial charge in [0.2, 0.25) is 0 Å². The molecule has 0 amide bonds. The highest BCUT2D eigenvalue weighted by Crippen LogP contribution is 2.58. The normalized spacial score (nSPS) is 12.7. The predicted octanol–water partition coefficient (Wildman–Crippen LogP) is 15.4. The molecule has 1 heterocycles. The maximum atomic E-state index is 2.48. The first-order valence-electron chi connectivity index (χ1n) is 21.1. The molecule has 286 valence electrons. The monoisotopic (exact) mass is 776 g/mol. The zero-order valence-corrected chi connectivity index (χ0v) is 33.5. The third-order valence-corrected chi connectivity index (χ3v) is 12.8. The van der Waals surface area contributed by atoms with Crippen molar-refractivity contribution in [3.8, 4) is 27.9 Å². The smallest absolute Gasteiger partial charge is 0.0714 e. The number of hydrogen-bond donors (Lipinski definition) is 0. The molecule has 0 saturated carbocycles. The fourth-order valence-electron chi connectivity index (χ4n) is 10.2. The average Bonchev–Trinajstić information content (AvgIpc) is 3.81. The van der Waals surface area contributed by atoms with E-state index in [9.17, 15) is 0 Å². The summed E-state index contributed by atoms with van der Waals surface area (Å²) in [6.07, 6.45) is 0. The minimum Gasteiger partial charge on any atom is -0.310 e. The molecule has 1 aliphatic rings. The van der Waals surface area contributed by atoms with E-state index < -0.39 is 5.41 Å². The van der Waals surface area contributed by atoms with Crippen molar-refractivity contribution < 1.29 is 0 Å². The van der Waals surface area contributed by atoms with Crippen molar-refractivity contribution >= 4 is 49.6 Å². The van der Waals surface area contributed by atoms with Gasteiger partial charge in [-0.2, -0.15) is 0 Å². The second kappa shape index (κ2) is 14.1. The Morgan fingerprint density at radius 2 is 0.885 bits per heavy atom. The van der Waals surface area contributed by atoms with E-state index in [1.807, 2.05) is 0 Å². The third-order valence-electron chi connectivity index (χ3n) is 12.8. The number of fused-ring (bicyclic) bond motifs is 7. The van der Waals surface area contributed by atoms with E-state index in [0.29, 0.717) is 0 Å². The SMILES string of the molecule is c1ccc(-c2ccccc2N(c2ccc3c(c2)C(c2ccccc2)(c2ccccc2)c2cc4ccccc4cc2-3)c2ccc3c4ccccc4n(-c4ccccc4)c3c2)cc1. The standard InChI is InChI=1S/C59H40N2/c1-5-19-41(20-6-1)49-29-15-17-31-56(49)60(48-34-36-52-51-30-16-18-32-57(51)61(58(52)40-48)46-27-11-4-12-28-46)47-33-35-50-53-37-42-21-13-14-22-43(42)38-54(53)59(55(50)39-47,44-23-7-2-8-24-44)45-25-9-3-10-26-45/h1-40H. The fraction of sp³-hybridized carbons (Fsp3) is 0.0169. The Kier molecular flexibility index (Phi) is 8.11. The summed E-state index contributed by atoms with van der Waals surface area (Å²) in [5.41, 5.74) is 16.2. The van der Waals surface area contributed by atoms with E-state index >= 15 is 0 Å². The molecule has 12 rings (SSSR count). The van der Waals surface area contributed by atoms with Gasteiger partial charge in [-0.25, -0.2) is 0 Å². The Labute approximate surface area is 355 Å². The molecule has 0 saturated heterocycles. The van der Waals surface area contributed by atoms with Crippen LogP contribution < -0.4 is 4.90 Å². The highest BCUT2D eigenvalue weighted by atomic mass is 15.1. The summed E-state index contributed by atoms with van der Waals surface area (Å²) in [4.78, 5) is 2.48. The molecule has 1 aromatic heterocycles. The number of para-hydroxylation sites is 3. The first-order chi connectivity index (χ1) is 30.3. The highest BCUT2D eigenvalue weighted by Gasteiger charge is 2.46. The zero-order chi connectivity index (χ0) is 40.3. The lowest BCUT2D eigenvalue weighted by atomic mass is 9.67. The van der Waals surface area contributed by atoms with E-state index in [-0.39, 0.29) is 0 Å². The number of benzene rings is 10. The van der Waals surface area contributed by atoms with Crippen LogP contribution in [0.3, 0.4) is 0 Å². The Morgan fingerprint density at radius 1 is 0.344 bits per heavy atom. The topological polar surface area (TPSA) is 8.17 Å². The molecule has 2 nitrogen and oxygen atoms in total. The van der Waals surface area contributed by atoms with E-state index in [0.717, 1.165) is 28.3 Å². The van der Waals surface area contributed by atoms with Gasteiger partial charge in [0.05, 0.1) is 22.1 Å². The summed E-state index contributed by atoms with van der Waals surface area (Å²) >= 11 is 0. The largest absolute Gasteiger partial charge is 0.310 e. The first-order valence-corrected chi connectivity index (χ1v) is 21.1. The Morgan fingerprint density at radius 3 is 1.62 bits per heavy atom. The van der Waals surface area contributed by atoms with Crippen molar-refractivity contribution in [2.75, 3.05) is 4.90 Å². The van der Waals surface area contributed by atoms with Gasteiger partial charge < -0.3 is 9.47 Å². The van der Waals surface area contributed by atoms with Gasteiger partial charge in [-0.15, -0.1) is 0 Å². The average molecular weight is 777 g/mol. The van der Waals surface area contributed by atoms with Gasteiger partial charge in [0.25, 0.3) is 0 Å². The molecular formula is C59H40N2. The Bertz CT molecular complexity index is 3360. The van der Waals surface area contributed by atoms with Crippen LogP contribution in [0.15, 0.2) is 243 Å². The summed E-state index contributed by atoms with van der Waals surface area (Å²) in [5, 5.41) is 4.95. The van der Waals surface area contributed by atoms with Gasteiger partial charge >= 0.3 is 0 Å². The molecule has 0 radical (unpaired) electrons. The maximum Gasteiger partial charge on any atom is 0.0714 e. The molecule has 61 heavy (non-hydrogen) atoms. The molecule has 0 fully saturated rings. The third kappa shape index (κ3) is 5.43. The quantitative estimate of drug-likeness (QED) is 0.156. The van der Waals surface area contributed by atoms with E-state index in [2.05, 4.69) is 252 Å². The molecule has 0 aliphatic heterocycles. The Hall–Kier alpha value is -7.94. The number of aromatic nitrogens is 1. The van der Waals surface area contributed by atoms with Gasteiger partial charge in [0, 0.05) is 33.4 Å². The summed E-state index contributed by atoms with van der Waals surface area (Å²) < 4.78 is 2.41. The van der Waals surface area contributed by atoms with Crippen LogP contribution in [-0.2, 0) is 5.41 Å². The molecule has 0 bridgehead atoms. The van der Waals surface area contributed by atoms with Crippen molar-refractivity contribution in [1.29, 1.82) is 0 Å². The van der Waals surface area contributed by atoms with Crippen molar-refractivity contribution in [3.05, 3.63) is 265 Å². The van der Waals surface area contributed by atoms with Crippen LogP contribution in [0.4, 0.5) is 17.1 Å². The molecule has 0 spiro atoms. The summed E-state index contributed by atoms with van der Waals surface area (Å²) in [7, 11) is 0. The predicted molar refractivity (Wildman–Crippen MR) is 256 cm³/mol. The molecule has 10 aromatic carbocycles. The summed E-state index contributed by atoms with van der Waals surface area (Å²) in [5.74, 6) is 0. The van der Waals surface area contributed by atoms with Crippen LogP contribution in [0.25, 0.3) is 60.5 Å². The van der Waals surface area contributed by atoms with Gasteiger partial charge in [0.15, 0.2) is 0 Å². The van der Waals surface area contributed by atoms with Crippen LogP contribution in [-0.4, -0.2) is 4.57 Å². The molecule has 0 unspecified atom stereocenters. The van der Waals surface area contributed by atoms with Crippen LogP contribution in [0.2, 0.25) is 0 Å². The van der Waals surface area contributed by atoms with Crippen molar-refractivity contribution in [3.63, 3.8) is 0 Å². The molecule has 11 aromatic rings. The van der Waals surface area contributed by atoms with Crippen molar-refractivity contribution in [2.24, 2.45) is 0 Å². The van der Waals surface area contributed by atoms with Crippen LogP contribution in [0.5, 0.6) is 0 Å². The second-order valence-corrected chi connectivity index (χ2v) is 16.1. The minimum atomic E-state index is -0.568. The fourth-order valence-corrected chi connectivity index (χ4v) is 10.2. The molecular weight excluding hydrogens is 737 g/mol. The van der Waals surface area contributed by atoms with E-state index in [4.69, 9.17) is 0 Å². The number of nitrogens with zero attached hydrogens (tertiary/aromatic N) is 2. The van der Waals surface area contributed by atoms with Gasteiger partial charge in [-0.1, -0.05) is 182 Å². The van der Waals surface area contributed by atoms with Crippen LogP contribution in [0.1, 0.15) is 22.3 Å². The molecule has 0 N–H and O–H groups in total. The van der Waals surface area contributed by atoms with Crippen molar-refractivity contribution in [1.82, 2.24) is 4.57 Å². The molecule has 0 atom stereocenters. The Balaban J connectivity index is 1.17. The van der Waals surface area contributed by atoms with E-state index in [1.165, 1.54) is 71.6 Å². The lowest BCUT2D eigenvalue weighted by molar-refractivity contribution is 0.769. The van der Waals surface area contributed by atoms with E-state index in [1.54, 1.807) is 0 Å². The molecule has 1 aliphatic carbocycles.